The van der Waals surface area contributed by atoms with E-state index >= 15 is 0 Å². The molecule has 2 atom stereocenters. The van der Waals surface area contributed by atoms with E-state index in [-0.39, 0.29) is 0 Å². The molecule has 1 aliphatic rings. The summed E-state index contributed by atoms with van der Waals surface area (Å²) in [6.07, 6.45) is 2.07. The second kappa shape index (κ2) is 10.9. The van der Waals surface area contributed by atoms with Crippen molar-refractivity contribution in [1.82, 2.24) is 15.5 Å². The number of benzene rings is 2. The standard InChI is InChI=1S/C24H35N5O/c1-25-24(26-17-21(28(2)3)16-19-10-6-5-7-11-19)27-20-14-15-29(18-20)22-12-8-9-13-23(22)30-4/h5-13,20-21H,14-18H2,1-4H3,(H2,25,26,27). The van der Waals surface area contributed by atoms with Crippen molar-refractivity contribution < 1.29 is 4.74 Å². The zero-order valence-electron chi connectivity index (χ0n) is 18.6. The number of ether oxygens (including phenoxy) is 1. The predicted molar refractivity (Wildman–Crippen MR) is 126 cm³/mol. The molecule has 0 aromatic heterocycles. The summed E-state index contributed by atoms with van der Waals surface area (Å²) in [4.78, 5) is 9.10. The van der Waals surface area contributed by atoms with Gasteiger partial charge in [0.05, 0.1) is 12.8 Å². The molecule has 30 heavy (non-hydrogen) atoms. The van der Waals surface area contributed by atoms with Crippen LogP contribution in [0.3, 0.4) is 0 Å². The van der Waals surface area contributed by atoms with Crippen molar-refractivity contribution in [2.45, 2.75) is 24.9 Å². The number of aliphatic imine (C=N–C) groups is 1. The molecule has 0 aliphatic carbocycles. The Labute approximate surface area is 180 Å². The van der Waals surface area contributed by atoms with E-state index in [4.69, 9.17) is 4.74 Å². The Morgan fingerprint density at radius 1 is 1.17 bits per heavy atom. The Morgan fingerprint density at radius 3 is 2.60 bits per heavy atom. The topological polar surface area (TPSA) is 52.1 Å². The van der Waals surface area contributed by atoms with Gasteiger partial charge in [0.15, 0.2) is 5.96 Å². The van der Waals surface area contributed by atoms with Crippen LogP contribution in [0.25, 0.3) is 0 Å². The van der Waals surface area contributed by atoms with Crippen LogP contribution in [0.5, 0.6) is 5.75 Å². The predicted octanol–water partition coefficient (Wildman–Crippen LogP) is 2.61. The van der Waals surface area contributed by atoms with Gasteiger partial charge in [-0.25, -0.2) is 0 Å². The summed E-state index contributed by atoms with van der Waals surface area (Å²) in [5.74, 6) is 1.79. The van der Waals surface area contributed by atoms with Gasteiger partial charge in [0.2, 0.25) is 0 Å². The lowest BCUT2D eigenvalue weighted by Crippen LogP contribution is -2.49. The lowest BCUT2D eigenvalue weighted by Gasteiger charge is -2.26. The minimum Gasteiger partial charge on any atom is -0.495 e. The van der Waals surface area contributed by atoms with E-state index in [1.54, 1.807) is 7.11 Å². The number of methoxy groups -OCH3 is 1. The van der Waals surface area contributed by atoms with Crippen LogP contribution >= 0.6 is 0 Å². The van der Waals surface area contributed by atoms with Gasteiger partial charge in [-0.3, -0.25) is 4.99 Å². The molecule has 1 heterocycles. The molecule has 1 aliphatic heterocycles. The fourth-order valence-electron chi connectivity index (χ4n) is 3.91. The minimum atomic E-state index is 0.355. The summed E-state index contributed by atoms with van der Waals surface area (Å²) in [5, 5.41) is 7.13. The van der Waals surface area contributed by atoms with E-state index in [0.717, 1.165) is 49.9 Å². The van der Waals surface area contributed by atoms with Crippen LogP contribution in [0.15, 0.2) is 59.6 Å². The highest BCUT2D eigenvalue weighted by Crippen LogP contribution is 2.30. The van der Waals surface area contributed by atoms with Gasteiger partial charge in [-0.1, -0.05) is 42.5 Å². The first kappa shape index (κ1) is 22.0. The summed E-state index contributed by atoms with van der Waals surface area (Å²) >= 11 is 0. The fourth-order valence-corrected chi connectivity index (χ4v) is 3.91. The van der Waals surface area contributed by atoms with Crippen molar-refractivity contribution in [1.29, 1.82) is 0 Å². The molecule has 2 aromatic carbocycles. The summed E-state index contributed by atoms with van der Waals surface area (Å²) < 4.78 is 5.53. The maximum absolute atomic E-state index is 5.53. The molecule has 2 unspecified atom stereocenters. The number of para-hydroxylation sites is 2. The number of nitrogens with one attached hydrogen (secondary N) is 2. The van der Waals surface area contributed by atoms with Crippen LogP contribution in [0.2, 0.25) is 0 Å². The van der Waals surface area contributed by atoms with Crippen molar-refractivity contribution >= 4 is 11.6 Å². The third-order valence-electron chi connectivity index (χ3n) is 5.73. The van der Waals surface area contributed by atoms with Crippen molar-refractivity contribution in [3.8, 4) is 5.75 Å². The van der Waals surface area contributed by atoms with Crippen LogP contribution < -0.4 is 20.3 Å². The molecular formula is C24H35N5O. The highest BCUT2D eigenvalue weighted by molar-refractivity contribution is 5.80. The monoisotopic (exact) mass is 409 g/mol. The molecular weight excluding hydrogens is 374 g/mol. The molecule has 2 aromatic rings. The van der Waals surface area contributed by atoms with Crippen LogP contribution in [0.4, 0.5) is 5.69 Å². The van der Waals surface area contributed by atoms with Gasteiger partial charge in [0.25, 0.3) is 0 Å². The maximum atomic E-state index is 5.53. The molecule has 6 nitrogen and oxygen atoms in total. The zero-order chi connectivity index (χ0) is 21.3. The van der Waals surface area contributed by atoms with E-state index in [1.807, 2.05) is 19.2 Å². The Bertz CT molecular complexity index is 808. The number of hydrogen-bond acceptors (Lipinski definition) is 4. The van der Waals surface area contributed by atoms with Gasteiger partial charge in [0, 0.05) is 38.8 Å². The lowest BCUT2D eigenvalue weighted by atomic mass is 10.1. The van der Waals surface area contributed by atoms with Crippen molar-refractivity contribution in [2.24, 2.45) is 4.99 Å². The molecule has 1 fully saturated rings. The van der Waals surface area contributed by atoms with Gasteiger partial charge >= 0.3 is 0 Å². The van der Waals surface area contributed by atoms with Crippen molar-refractivity contribution in [2.75, 3.05) is 52.8 Å². The second-order valence-electron chi connectivity index (χ2n) is 8.01. The maximum Gasteiger partial charge on any atom is 0.191 e. The minimum absolute atomic E-state index is 0.355. The number of guanidine groups is 1. The summed E-state index contributed by atoms with van der Waals surface area (Å²) in [6, 6.07) is 19.6. The summed E-state index contributed by atoms with van der Waals surface area (Å²) in [7, 11) is 7.83. The molecule has 162 valence electrons. The van der Waals surface area contributed by atoms with E-state index in [0.29, 0.717) is 12.1 Å². The fraction of sp³-hybridized carbons (Fsp3) is 0.458. The average molecular weight is 410 g/mol. The lowest BCUT2D eigenvalue weighted by molar-refractivity contribution is 0.290. The Kier molecular flexibility index (Phi) is 7.97. The average Bonchev–Trinajstić information content (AvgIpc) is 3.24. The molecule has 0 amide bonds. The Morgan fingerprint density at radius 2 is 1.90 bits per heavy atom. The van der Waals surface area contributed by atoms with Crippen molar-refractivity contribution in [3.63, 3.8) is 0 Å². The Balaban J connectivity index is 1.53. The molecule has 3 rings (SSSR count). The number of rotatable bonds is 8. The van der Waals surface area contributed by atoms with Crippen LogP contribution in [-0.2, 0) is 6.42 Å². The number of nitrogens with zero attached hydrogens (tertiary/aromatic N) is 3. The molecule has 0 bridgehead atoms. The van der Waals surface area contributed by atoms with Crippen LogP contribution in [0.1, 0.15) is 12.0 Å². The molecule has 0 radical (unpaired) electrons. The van der Waals surface area contributed by atoms with Gasteiger partial charge in [-0.05, 0) is 44.6 Å². The second-order valence-corrected chi connectivity index (χ2v) is 8.01. The van der Waals surface area contributed by atoms with E-state index < -0.39 is 0 Å². The SMILES string of the molecule is CN=C(NCC(Cc1ccccc1)N(C)C)NC1CCN(c2ccccc2OC)C1. The van der Waals surface area contributed by atoms with Crippen molar-refractivity contribution in [3.05, 3.63) is 60.2 Å². The number of hydrogen-bond donors (Lipinski definition) is 2. The largest absolute Gasteiger partial charge is 0.495 e. The third kappa shape index (κ3) is 5.89. The summed E-state index contributed by atoms with van der Waals surface area (Å²) in [6.45, 7) is 2.77. The first-order valence-corrected chi connectivity index (χ1v) is 10.7. The van der Waals surface area contributed by atoms with Gasteiger partial charge in [-0.15, -0.1) is 0 Å². The number of likely N-dealkylation sites (N-methyl/N-ethyl adjacent to an activating group) is 1. The summed E-state index contributed by atoms with van der Waals surface area (Å²) in [5.41, 5.74) is 2.51. The van der Waals surface area contributed by atoms with Gasteiger partial charge < -0.3 is 25.2 Å². The molecule has 2 N–H and O–H groups in total. The van der Waals surface area contributed by atoms with Gasteiger partial charge in [-0.2, -0.15) is 0 Å². The molecule has 6 heteroatoms. The van der Waals surface area contributed by atoms with Gasteiger partial charge in [0.1, 0.15) is 5.75 Å². The zero-order valence-corrected chi connectivity index (χ0v) is 18.6. The first-order chi connectivity index (χ1) is 14.6. The van der Waals surface area contributed by atoms with E-state index in [1.165, 1.54) is 5.56 Å². The first-order valence-electron chi connectivity index (χ1n) is 10.7. The molecule has 0 spiro atoms. The highest BCUT2D eigenvalue weighted by Gasteiger charge is 2.25. The molecule has 0 saturated carbocycles. The van der Waals surface area contributed by atoms with E-state index in [9.17, 15) is 0 Å². The normalized spacial score (nSPS) is 17.8. The molecule has 1 saturated heterocycles. The van der Waals surface area contributed by atoms with E-state index in [2.05, 4.69) is 82.0 Å². The quantitative estimate of drug-likeness (QED) is 0.519. The Hall–Kier alpha value is -2.73. The highest BCUT2D eigenvalue weighted by atomic mass is 16.5. The number of anilines is 1. The third-order valence-corrected chi connectivity index (χ3v) is 5.73. The smallest absolute Gasteiger partial charge is 0.191 e. The van der Waals surface area contributed by atoms with Crippen LogP contribution in [0, 0.1) is 0 Å². The van der Waals surface area contributed by atoms with Crippen LogP contribution in [-0.4, -0.2) is 70.8 Å².